The van der Waals surface area contributed by atoms with Gasteiger partial charge < -0.3 is 0 Å². The smallest absolute Gasteiger partial charge is 0.287 e. The van der Waals surface area contributed by atoms with Crippen LogP contribution in [0.4, 0.5) is 18.3 Å². The highest BCUT2D eigenvalue weighted by Crippen LogP contribution is 2.36. The average molecular weight is 361 g/mol. The second kappa shape index (κ2) is 5.66. The van der Waals surface area contributed by atoms with Gasteiger partial charge in [0.2, 0.25) is 10.9 Å². The first kappa shape index (κ1) is 15.8. The van der Waals surface area contributed by atoms with Crippen LogP contribution in [0.25, 0.3) is 10.2 Å². The molecule has 0 unspecified atom stereocenters. The van der Waals surface area contributed by atoms with Gasteiger partial charge in [-0.15, -0.1) is 0 Å². The Morgan fingerprint density at radius 2 is 1.92 bits per heavy atom. The van der Waals surface area contributed by atoms with Crippen LogP contribution in [0, 0.1) is 0 Å². The Kier molecular flexibility index (Phi) is 3.57. The van der Waals surface area contributed by atoms with Crippen LogP contribution in [0.2, 0.25) is 0 Å². The number of thiazole rings is 1. The second-order valence-corrected chi connectivity index (χ2v) is 6.52. The number of para-hydroxylation sites is 1. The van der Waals surface area contributed by atoms with E-state index < -0.39 is 17.5 Å². The molecule has 0 radical (unpaired) electrons. The molecule has 0 aliphatic heterocycles. The highest BCUT2D eigenvalue weighted by molar-refractivity contribution is 7.22. The molecule has 126 valence electrons. The van der Waals surface area contributed by atoms with Crippen molar-refractivity contribution in [3.63, 3.8) is 0 Å². The van der Waals surface area contributed by atoms with Gasteiger partial charge in [-0.25, -0.2) is 4.98 Å². The summed E-state index contributed by atoms with van der Waals surface area (Å²) < 4.78 is 40.2. The maximum Gasteiger partial charge on any atom is 0.416 e. The molecule has 2 aromatic carbocycles. The van der Waals surface area contributed by atoms with E-state index in [9.17, 15) is 18.0 Å². The van der Waals surface area contributed by atoms with Gasteiger partial charge in [-0.05, 0) is 23.8 Å². The van der Waals surface area contributed by atoms with E-state index in [1.807, 2.05) is 24.3 Å². The van der Waals surface area contributed by atoms with E-state index in [-0.39, 0.29) is 23.3 Å². The molecule has 8 heteroatoms. The molecule has 1 aliphatic rings. The third kappa shape index (κ3) is 2.78. The number of rotatable bonds is 2. The molecule has 0 atom stereocenters. The lowest BCUT2D eigenvalue weighted by atomic mass is 10.0. The van der Waals surface area contributed by atoms with E-state index in [2.05, 4.69) is 15.5 Å². The molecular formula is C17H10F3N3OS. The number of nitrogens with one attached hydrogen (secondary N) is 1. The Morgan fingerprint density at radius 1 is 1.12 bits per heavy atom. The van der Waals surface area contributed by atoms with Crippen molar-refractivity contribution < 1.29 is 18.0 Å². The second-order valence-electron chi connectivity index (χ2n) is 5.49. The number of fused-ring (bicyclic) bond motifs is 2. The van der Waals surface area contributed by atoms with Crippen LogP contribution in [0.3, 0.4) is 0 Å². The molecule has 0 spiro atoms. The fourth-order valence-corrected chi connectivity index (χ4v) is 3.59. The standard InChI is InChI=1S/C17H10F3N3OS/c18-17(19,20)11-5-3-4-9-10(11)8-13(15(9)24)22-23-16-21-12-6-1-2-7-14(12)25-16/h1-7H,8H2,(H,21,23)/b22-13-. The van der Waals surface area contributed by atoms with Crippen molar-refractivity contribution >= 4 is 38.2 Å². The number of hydrogen-bond acceptors (Lipinski definition) is 5. The van der Waals surface area contributed by atoms with Gasteiger partial charge in [0.1, 0.15) is 5.71 Å². The van der Waals surface area contributed by atoms with E-state index in [1.54, 1.807) is 0 Å². The quantitative estimate of drug-likeness (QED) is 0.683. The third-order valence-electron chi connectivity index (χ3n) is 3.91. The number of aromatic nitrogens is 1. The summed E-state index contributed by atoms with van der Waals surface area (Å²) in [6.07, 6.45) is -4.65. The van der Waals surface area contributed by atoms with Crippen LogP contribution in [0.5, 0.6) is 0 Å². The predicted molar refractivity (Wildman–Crippen MR) is 90.2 cm³/mol. The molecule has 1 aliphatic carbocycles. The minimum absolute atomic E-state index is 0.0233. The largest absolute Gasteiger partial charge is 0.416 e. The van der Waals surface area contributed by atoms with Gasteiger partial charge in [0.05, 0.1) is 15.8 Å². The first-order chi connectivity index (χ1) is 11.9. The van der Waals surface area contributed by atoms with E-state index in [0.717, 1.165) is 16.3 Å². The summed E-state index contributed by atoms with van der Waals surface area (Å²) in [6, 6.07) is 11.1. The lowest BCUT2D eigenvalue weighted by Gasteiger charge is -2.10. The molecule has 1 N–H and O–H groups in total. The first-order valence-corrected chi connectivity index (χ1v) is 8.17. The minimum Gasteiger partial charge on any atom is -0.287 e. The predicted octanol–water partition coefficient (Wildman–Crippen LogP) is 4.52. The van der Waals surface area contributed by atoms with E-state index in [4.69, 9.17) is 0 Å². The number of nitrogens with zero attached hydrogens (tertiary/aromatic N) is 2. The van der Waals surface area contributed by atoms with Gasteiger partial charge in [0.25, 0.3) is 0 Å². The van der Waals surface area contributed by atoms with E-state index in [1.165, 1.54) is 23.5 Å². The molecule has 0 saturated carbocycles. The normalized spacial score (nSPS) is 15.8. The number of anilines is 1. The fraction of sp³-hybridized carbons (Fsp3) is 0.118. The van der Waals surface area contributed by atoms with Crippen molar-refractivity contribution in [1.29, 1.82) is 0 Å². The number of Topliss-reactive ketones (excluding diaryl/α,β-unsaturated/α-hetero) is 1. The van der Waals surface area contributed by atoms with Crippen molar-refractivity contribution in [2.45, 2.75) is 12.6 Å². The Labute approximate surface area is 144 Å². The molecule has 1 heterocycles. The number of carbonyl (C=O) groups is 1. The summed E-state index contributed by atoms with van der Waals surface area (Å²) >= 11 is 1.35. The van der Waals surface area contributed by atoms with Crippen LogP contribution in [0.15, 0.2) is 47.6 Å². The molecule has 0 saturated heterocycles. The Hall–Kier alpha value is -2.74. The molecule has 3 aromatic rings. The Bertz CT molecular complexity index is 990. The van der Waals surface area contributed by atoms with Crippen molar-refractivity contribution in [3.8, 4) is 0 Å². The van der Waals surface area contributed by atoms with Crippen LogP contribution in [-0.4, -0.2) is 16.5 Å². The zero-order valence-corrected chi connectivity index (χ0v) is 13.4. The van der Waals surface area contributed by atoms with Gasteiger partial charge in [0, 0.05) is 12.0 Å². The summed E-state index contributed by atoms with van der Waals surface area (Å²) in [4.78, 5) is 16.6. The van der Waals surface area contributed by atoms with Crippen LogP contribution < -0.4 is 5.43 Å². The topological polar surface area (TPSA) is 54.4 Å². The third-order valence-corrected chi connectivity index (χ3v) is 4.85. The highest BCUT2D eigenvalue weighted by Gasteiger charge is 2.38. The maximum absolute atomic E-state index is 13.1. The van der Waals surface area contributed by atoms with Gasteiger partial charge in [-0.1, -0.05) is 35.6 Å². The summed E-state index contributed by atoms with van der Waals surface area (Å²) in [7, 11) is 0. The Balaban J connectivity index is 1.64. The number of benzene rings is 2. The van der Waals surface area contributed by atoms with Crippen molar-refractivity contribution in [3.05, 3.63) is 59.2 Å². The lowest BCUT2D eigenvalue weighted by Crippen LogP contribution is -2.10. The van der Waals surface area contributed by atoms with Gasteiger partial charge in [0.15, 0.2) is 0 Å². The SMILES string of the molecule is O=C1/C(=N\Nc2nc3ccccc3s2)Cc2c1cccc2C(F)(F)F. The number of ketones is 1. The fourth-order valence-electron chi connectivity index (χ4n) is 2.78. The first-order valence-electron chi connectivity index (χ1n) is 7.35. The monoisotopic (exact) mass is 361 g/mol. The van der Waals surface area contributed by atoms with E-state index in [0.29, 0.717) is 5.13 Å². The van der Waals surface area contributed by atoms with Crippen molar-refractivity contribution in [1.82, 2.24) is 4.98 Å². The summed E-state index contributed by atoms with van der Waals surface area (Å²) in [5.74, 6) is -0.491. The van der Waals surface area contributed by atoms with Gasteiger partial charge in [-0.3, -0.25) is 10.2 Å². The molecule has 0 amide bonds. The average Bonchev–Trinajstić information content (AvgIpc) is 3.13. The van der Waals surface area contributed by atoms with Crippen molar-refractivity contribution in [2.75, 3.05) is 5.43 Å². The summed E-state index contributed by atoms with van der Waals surface area (Å²) in [5, 5.41) is 4.49. The molecule has 0 fully saturated rings. The summed E-state index contributed by atoms with van der Waals surface area (Å²) in [6.45, 7) is 0. The van der Waals surface area contributed by atoms with Crippen LogP contribution >= 0.6 is 11.3 Å². The molecule has 0 bridgehead atoms. The molecular weight excluding hydrogens is 351 g/mol. The molecule has 25 heavy (non-hydrogen) atoms. The molecule has 1 aromatic heterocycles. The molecule has 4 nitrogen and oxygen atoms in total. The Morgan fingerprint density at radius 3 is 2.68 bits per heavy atom. The number of hydrogen-bond donors (Lipinski definition) is 1. The zero-order chi connectivity index (χ0) is 17.6. The number of carbonyl (C=O) groups excluding carboxylic acids is 1. The van der Waals surface area contributed by atoms with E-state index >= 15 is 0 Å². The number of hydrazone groups is 1. The molecule has 4 rings (SSSR count). The van der Waals surface area contributed by atoms with Gasteiger partial charge in [-0.2, -0.15) is 18.3 Å². The maximum atomic E-state index is 13.1. The number of halogens is 3. The van der Waals surface area contributed by atoms with Gasteiger partial charge >= 0.3 is 6.18 Å². The highest BCUT2D eigenvalue weighted by atomic mass is 32.1. The minimum atomic E-state index is -4.50. The van der Waals surface area contributed by atoms with Crippen molar-refractivity contribution in [2.24, 2.45) is 5.10 Å². The lowest BCUT2D eigenvalue weighted by molar-refractivity contribution is -0.138. The number of alkyl halides is 3. The zero-order valence-electron chi connectivity index (χ0n) is 12.6. The summed E-state index contributed by atoms with van der Waals surface area (Å²) in [5.41, 5.74) is 2.77. The van der Waals surface area contributed by atoms with Crippen LogP contribution in [-0.2, 0) is 12.6 Å². The van der Waals surface area contributed by atoms with Crippen LogP contribution in [0.1, 0.15) is 21.5 Å².